The molecule has 0 aliphatic carbocycles. The van der Waals surface area contributed by atoms with Crippen LogP contribution >= 0.6 is 0 Å². The maximum absolute atomic E-state index is 13.8. The molecule has 6 atom stereocenters. The van der Waals surface area contributed by atoms with E-state index in [1.165, 1.54) is 20.1 Å². The molecular weight excluding hydrogens is 719 g/mol. The molecule has 1 aliphatic heterocycles. The molecule has 1 fully saturated rings. The lowest BCUT2D eigenvalue weighted by atomic mass is 9.89. The van der Waals surface area contributed by atoms with Crippen LogP contribution in [0, 0.1) is 0 Å². The molecule has 0 aromatic carbocycles. The van der Waals surface area contributed by atoms with E-state index in [0.29, 0.717) is 0 Å². The van der Waals surface area contributed by atoms with E-state index >= 15 is 0 Å². The lowest BCUT2D eigenvalue weighted by molar-refractivity contribution is -0.305. The predicted octanol–water partition coefficient (Wildman–Crippen LogP) is 5.99. The molecule has 1 heterocycles. The Kier molecular flexibility index (Phi) is 15.6. The number of aliphatic imine (C=N–C) groups is 1. The lowest BCUT2D eigenvalue weighted by Gasteiger charge is -2.53. The van der Waals surface area contributed by atoms with Crippen molar-refractivity contribution in [1.29, 1.82) is 0 Å². The van der Waals surface area contributed by atoms with Crippen LogP contribution in [0.5, 0.6) is 0 Å². The predicted molar refractivity (Wildman–Crippen MR) is 201 cm³/mol. The first-order valence-corrected chi connectivity index (χ1v) is 27.1. The van der Waals surface area contributed by atoms with E-state index in [1.807, 2.05) is 80.8 Å². The van der Waals surface area contributed by atoms with Crippen LogP contribution in [-0.4, -0.2) is 106 Å². The van der Waals surface area contributed by atoms with Crippen LogP contribution in [0.25, 0.3) is 0 Å². The van der Waals surface area contributed by atoms with Gasteiger partial charge in [0.1, 0.15) is 18.2 Å². The molecule has 0 saturated carbocycles. The SMILES string of the molecule is C=CCO[C@]1(C(=O)OC)C[C@H](O[Si](C)(C)C(C)(C)C)[C@@H](N=C(C)[O-])[C@H]([C@H](O[Si](C)(C)C(C)(C)C)[C@@H](COS(=O)(=O)O)O[Si](C)(C)C(C)(C)C)O1. The molecule has 50 heavy (non-hydrogen) atoms. The van der Waals surface area contributed by atoms with E-state index in [4.69, 9.17) is 31.7 Å². The van der Waals surface area contributed by atoms with Gasteiger partial charge >= 0.3 is 16.4 Å². The van der Waals surface area contributed by atoms with Gasteiger partial charge in [-0.2, -0.15) is 8.42 Å². The van der Waals surface area contributed by atoms with Crippen molar-refractivity contribution in [2.45, 2.75) is 166 Å². The Morgan fingerprint density at radius 3 is 1.86 bits per heavy atom. The molecule has 1 aliphatic rings. The van der Waals surface area contributed by atoms with Crippen LogP contribution in [0.2, 0.25) is 54.4 Å². The van der Waals surface area contributed by atoms with Crippen molar-refractivity contribution in [1.82, 2.24) is 0 Å². The van der Waals surface area contributed by atoms with Gasteiger partial charge in [0.2, 0.25) is 0 Å². The van der Waals surface area contributed by atoms with Gasteiger partial charge < -0.3 is 32.6 Å². The fourth-order valence-corrected chi connectivity index (χ4v) is 8.91. The zero-order chi connectivity index (χ0) is 39.5. The summed E-state index contributed by atoms with van der Waals surface area (Å²) < 4.78 is 78.0. The molecule has 17 heteroatoms. The second-order valence-corrected chi connectivity index (χ2v) is 33.0. The van der Waals surface area contributed by atoms with E-state index < -0.39 is 90.1 Å². The summed E-state index contributed by atoms with van der Waals surface area (Å²) in [6, 6.07) is -1.07. The van der Waals surface area contributed by atoms with Gasteiger partial charge in [-0.3, -0.25) is 9.55 Å². The molecule has 0 amide bonds. The molecule has 0 bridgehead atoms. The minimum absolute atomic E-state index is 0.104. The van der Waals surface area contributed by atoms with Crippen molar-refractivity contribution in [2.75, 3.05) is 20.3 Å². The summed E-state index contributed by atoms with van der Waals surface area (Å²) in [6.07, 6.45) is -3.37. The van der Waals surface area contributed by atoms with Crippen molar-refractivity contribution in [3.05, 3.63) is 12.7 Å². The standard InChI is InChI=1S/C33H67NO12SSi3/c1-19-20-41-33(29(36)40-12)21-24(44-48(13,14)30(3,4)5)26(34-23(2)35)28(43-33)27(46-50(17,18)32(9,10)11)25(22-42-47(37,38)39)45-49(15,16)31(6,7)8/h19,24-28H,1,20-22H2,2-18H3,(H,34,35)(H,37,38,39)/p-1/t24-,25+,26+,27+,28+,33+/m0/s1. The summed E-state index contributed by atoms with van der Waals surface area (Å²) in [5.41, 5.74) is 0. The Labute approximate surface area is 305 Å². The number of esters is 1. The summed E-state index contributed by atoms with van der Waals surface area (Å²) in [5.74, 6) is -3.44. The van der Waals surface area contributed by atoms with Crippen LogP contribution in [0.1, 0.15) is 75.7 Å². The quantitative estimate of drug-likeness (QED) is 0.0485. The van der Waals surface area contributed by atoms with Crippen LogP contribution in [0.4, 0.5) is 0 Å². The zero-order valence-corrected chi connectivity index (χ0v) is 37.4. The number of carbonyl (C=O) groups excluding carboxylic acids is 1. The number of rotatable bonds is 16. The van der Waals surface area contributed by atoms with Gasteiger partial charge in [0, 0.05) is 6.42 Å². The number of hydrogen-bond acceptors (Lipinski definition) is 12. The van der Waals surface area contributed by atoms with Crippen LogP contribution < -0.4 is 5.11 Å². The first-order valence-electron chi connectivity index (χ1n) is 17.0. The summed E-state index contributed by atoms with van der Waals surface area (Å²) in [4.78, 5) is 18.3. The molecule has 0 aromatic rings. The highest BCUT2D eigenvalue weighted by Crippen LogP contribution is 2.46. The normalized spacial score (nSPS) is 24.8. The highest BCUT2D eigenvalue weighted by molar-refractivity contribution is 7.80. The van der Waals surface area contributed by atoms with Crippen molar-refractivity contribution >= 4 is 47.2 Å². The molecule has 1 saturated heterocycles. The van der Waals surface area contributed by atoms with Crippen molar-refractivity contribution in [3.63, 3.8) is 0 Å². The number of carbonyl (C=O) groups is 1. The molecule has 13 nitrogen and oxygen atoms in total. The van der Waals surface area contributed by atoms with Crippen molar-refractivity contribution in [2.24, 2.45) is 4.99 Å². The molecule has 1 rings (SSSR count). The topological polar surface area (TPSA) is 171 Å². The third-order valence-electron chi connectivity index (χ3n) is 10.6. The van der Waals surface area contributed by atoms with Gasteiger partial charge in [-0.05, 0) is 67.2 Å². The third-order valence-corrected chi connectivity index (χ3v) is 24.5. The Bertz CT molecular complexity index is 1300. The second kappa shape index (κ2) is 16.6. The monoisotopic (exact) mass is 784 g/mol. The Hall–Kier alpha value is -0.999. The average Bonchev–Trinajstić information content (AvgIpc) is 2.91. The highest BCUT2D eigenvalue weighted by atomic mass is 32.3. The third kappa shape index (κ3) is 12.3. The van der Waals surface area contributed by atoms with Gasteiger partial charge in [0.25, 0.3) is 5.79 Å². The van der Waals surface area contributed by atoms with Gasteiger partial charge in [-0.15, -0.1) is 6.58 Å². The first kappa shape index (κ1) is 47.0. The Balaban J connectivity index is 4.39. The van der Waals surface area contributed by atoms with Crippen molar-refractivity contribution < 1.29 is 54.5 Å². The molecule has 0 radical (unpaired) electrons. The molecule has 0 aromatic heterocycles. The summed E-state index contributed by atoms with van der Waals surface area (Å²) >= 11 is 0. The Morgan fingerprint density at radius 1 is 0.980 bits per heavy atom. The molecule has 294 valence electrons. The largest absolute Gasteiger partial charge is 0.862 e. The first-order chi connectivity index (χ1) is 22.2. The summed E-state index contributed by atoms with van der Waals surface area (Å²) in [7, 11) is -12.0. The average molecular weight is 785 g/mol. The van der Waals surface area contributed by atoms with Gasteiger partial charge in [0.15, 0.2) is 25.0 Å². The molecular formula is C33H66NO12SSi3-. The maximum Gasteiger partial charge on any atom is 0.397 e. The second-order valence-electron chi connectivity index (χ2n) is 17.7. The summed E-state index contributed by atoms with van der Waals surface area (Å²) in [5, 5.41) is 11.9. The van der Waals surface area contributed by atoms with E-state index in [2.05, 4.69) is 32.3 Å². The van der Waals surface area contributed by atoms with Crippen LogP contribution in [0.3, 0.4) is 0 Å². The van der Waals surface area contributed by atoms with E-state index in [-0.39, 0.29) is 28.1 Å². The van der Waals surface area contributed by atoms with E-state index in [0.717, 1.165) is 0 Å². The maximum atomic E-state index is 13.8. The number of hydrogen-bond donors (Lipinski definition) is 1. The number of nitrogens with zero attached hydrogens (tertiary/aromatic N) is 1. The minimum atomic E-state index is -4.94. The summed E-state index contributed by atoms with van der Waals surface area (Å²) in [6.45, 7) is 34.7. The minimum Gasteiger partial charge on any atom is -0.862 e. The molecule has 0 unspecified atom stereocenters. The van der Waals surface area contributed by atoms with Gasteiger partial charge in [-0.25, -0.2) is 8.98 Å². The smallest absolute Gasteiger partial charge is 0.397 e. The Morgan fingerprint density at radius 2 is 1.46 bits per heavy atom. The fraction of sp³-hybridized carbons (Fsp3) is 0.879. The van der Waals surface area contributed by atoms with Crippen LogP contribution in [0.15, 0.2) is 17.6 Å². The molecule has 0 spiro atoms. The van der Waals surface area contributed by atoms with Gasteiger partial charge in [-0.1, -0.05) is 68.4 Å². The van der Waals surface area contributed by atoms with E-state index in [9.17, 15) is 22.9 Å². The van der Waals surface area contributed by atoms with E-state index in [1.54, 1.807) is 0 Å². The molecule has 1 N–H and O–H groups in total. The highest BCUT2D eigenvalue weighted by Gasteiger charge is 2.60. The number of ether oxygens (including phenoxy) is 3. The fourth-order valence-electron chi connectivity index (χ4n) is 4.64. The van der Waals surface area contributed by atoms with Crippen molar-refractivity contribution in [3.8, 4) is 0 Å². The number of methoxy groups -OCH3 is 1. The zero-order valence-electron chi connectivity index (χ0n) is 33.6. The van der Waals surface area contributed by atoms with Crippen LogP contribution in [-0.2, 0) is 46.9 Å². The van der Waals surface area contributed by atoms with Gasteiger partial charge in [0.05, 0.1) is 32.5 Å². The lowest BCUT2D eigenvalue weighted by Crippen LogP contribution is -2.68.